The van der Waals surface area contributed by atoms with E-state index in [-0.39, 0.29) is 24.7 Å². The minimum absolute atomic E-state index is 0.00176. The summed E-state index contributed by atoms with van der Waals surface area (Å²) in [6, 6.07) is 11.0. The Balaban J connectivity index is 2.10. The number of amides is 2. The number of nitrogens with one attached hydrogen (secondary N) is 1. The van der Waals surface area contributed by atoms with E-state index in [1.165, 1.54) is 12.1 Å². The second kappa shape index (κ2) is 11.2. The number of aliphatic carboxylic acids is 2. The van der Waals surface area contributed by atoms with Gasteiger partial charge in [-0.05, 0) is 34.7 Å². The zero-order chi connectivity index (χ0) is 23.8. The van der Waals surface area contributed by atoms with Gasteiger partial charge in [-0.3, -0.25) is 0 Å². The summed E-state index contributed by atoms with van der Waals surface area (Å²) in [7, 11) is 0. The van der Waals surface area contributed by atoms with Crippen molar-refractivity contribution in [3.05, 3.63) is 59.9 Å². The molecule has 2 atom stereocenters. The predicted octanol–water partition coefficient (Wildman–Crippen LogP) is 2.60. The van der Waals surface area contributed by atoms with E-state index in [1.54, 1.807) is 36.4 Å². The molecule has 2 amide bonds. The molecule has 2 aromatic carbocycles. The second-order valence-corrected chi connectivity index (χ2v) is 7.90. The number of halogens is 1. The molecular weight excluding hydrogens is 419 g/mol. The Hall–Kier alpha value is -3.46. The highest BCUT2D eigenvalue weighted by molar-refractivity contribution is 5.83. The van der Waals surface area contributed by atoms with E-state index in [9.17, 15) is 29.0 Å². The van der Waals surface area contributed by atoms with Crippen molar-refractivity contribution in [1.29, 1.82) is 0 Å². The molecule has 2 aromatic rings. The van der Waals surface area contributed by atoms with E-state index in [0.29, 0.717) is 5.56 Å². The number of carboxylic acids is 2. The summed E-state index contributed by atoms with van der Waals surface area (Å²) in [6.07, 6.45) is -1.77. The van der Waals surface area contributed by atoms with Gasteiger partial charge in [-0.15, -0.1) is 0 Å². The molecule has 0 saturated heterocycles. The van der Waals surface area contributed by atoms with E-state index in [4.69, 9.17) is 5.11 Å². The monoisotopic (exact) mass is 446 g/mol. The number of hydrogen-bond acceptors (Lipinski definition) is 4. The zero-order valence-corrected chi connectivity index (χ0v) is 17.9. The first-order valence-corrected chi connectivity index (χ1v) is 10.1. The molecule has 172 valence electrons. The molecule has 0 aliphatic heterocycles. The Labute approximate surface area is 185 Å². The molecule has 0 spiro atoms. The van der Waals surface area contributed by atoms with Crippen LogP contribution in [0.4, 0.5) is 9.18 Å². The quantitative estimate of drug-likeness (QED) is 0.444. The number of aliphatic hydroxyl groups is 1. The topological polar surface area (TPSA) is 127 Å². The van der Waals surface area contributed by atoms with E-state index in [0.717, 1.165) is 16.0 Å². The number of urea groups is 1. The van der Waals surface area contributed by atoms with Gasteiger partial charge in [0.15, 0.2) is 6.10 Å². The van der Waals surface area contributed by atoms with E-state index < -0.39 is 36.7 Å². The molecule has 0 fully saturated rings. The molecule has 0 saturated carbocycles. The lowest BCUT2D eigenvalue weighted by molar-refractivity contribution is -0.147. The highest BCUT2D eigenvalue weighted by Crippen LogP contribution is 2.20. The number of benzene rings is 2. The minimum atomic E-state index is -1.78. The number of nitrogens with zero attached hydrogens (tertiary/aromatic N) is 1. The largest absolute Gasteiger partial charge is 0.480 e. The van der Waals surface area contributed by atoms with Crippen LogP contribution in [0.5, 0.6) is 0 Å². The molecule has 0 aliphatic rings. The Bertz CT molecular complexity index is 931. The van der Waals surface area contributed by atoms with Gasteiger partial charge in [0.05, 0.1) is 6.54 Å². The van der Waals surface area contributed by atoms with Crippen LogP contribution in [0.3, 0.4) is 0 Å². The molecule has 8 nitrogen and oxygen atoms in total. The third-order valence-electron chi connectivity index (χ3n) is 4.72. The Morgan fingerprint density at radius 3 is 1.91 bits per heavy atom. The summed E-state index contributed by atoms with van der Waals surface area (Å²) in [6.45, 7) is 3.31. The van der Waals surface area contributed by atoms with Crippen LogP contribution >= 0.6 is 0 Å². The molecule has 0 radical (unpaired) electrons. The number of hydrogen-bond donors (Lipinski definition) is 4. The van der Waals surface area contributed by atoms with Crippen LogP contribution in [0.15, 0.2) is 48.5 Å². The van der Waals surface area contributed by atoms with E-state index in [2.05, 4.69) is 5.32 Å². The fourth-order valence-electron chi connectivity index (χ4n) is 3.12. The fraction of sp³-hybridized carbons (Fsp3) is 0.348. The van der Waals surface area contributed by atoms with Crippen molar-refractivity contribution >= 4 is 18.0 Å². The fourth-order valence-corrected chi connectivity index (χ4v) is 3.12. The first-order chi connectivity index (χ1) is 15.1. The predicted molar refractivity (Wildman–Crippen MR) is 116 cm³/mol. The smallest absolute Gasteiger partial charge is 0.334 e. The third-order valence-corrected chi connectivity index (χ3v) is 4.72. The van der Waals surface area contributed by atoms with Gasteiger partial charge < -0.3 is 25.5 Å². The third kappa shape index (κ3) is 7.35. The van der Waals surface area contributed by atoms with Crippen LogP contribution in [0.2, 0.25) is 0 Å². The van der Waals surface area contributed by atoms with Crippen molar-refractivity contribution in [2.24, 2.45) is 5.92 Å². The first-order valence-electron chi connectivity index (χ1n) is 10.1. The van der Waals surface area contributed by atoms with Crippen molar-refractivity contribution in [3.63, 3.8) is 0 Å². The lowest BCUT2D eigenvalue weighted by Gasteiger charge is -2.27. The maximum absolute atomic E-state index is 13.1. The molecule has 9 heteroatoms. The molecule has 0 aliphatic carbocycles. The Kier molecular flexibility index (Phi) is 8.71. The molecule has 0 aromatic heterocycles. The molecular formula is C23H27FN2O6. The van der Waals surface area contributed by atoms with Crippen molar-refractivity contribution < 1.29 is 34.1 Å². The van der Waals surface area contributed by atoms with Crippen LogP contribution in [0.1, 0.15) is 19.4 Å². The van der Waals surface area contributed by atoms with Gasteiger partial charge in [0.1, 0.15) is 11.9 Å². The van der Waals surface area contributed by atoms with Gasteiger partial charge in [-0.25, -0.2) is 18.8 Å². The summed E-state index contributed by atoms with van der Waals surface area (Å²) in [5.74, 6) is -3.08. The molecule has 0 bridgehead atoms. The summed E-state index contributed by atoms with van der Waals surface area (Å²) >= 11 is 0. The van der Waals surface area contributed by atoms with Crippen LogP contribution in [0, 0.1) is 11.7 Å². The maximum Gasteiger partial charge on any atom is 0.334 e. The first kappa shape index (κ1) is 24.8. The lowest BCUT2D eigenvalue weighted by atomic mass is 10.0. The molecule has 0 heterocycles. The maximum atomic E-state index is 13.1. The highest BCUT2D eigenvalue weighted by Gasteiger charge is 2.27. The van der Waals surface area contributed by atoms with Crippen LogP contribution in [-0.4, -0.2) is 63.4 Å². The average molecular weight is 446 g/mol. The number of carbonyl (C=O) groups excluding carboxylic acids is 1. The summed E-state index contributed by atoms with van der Waals surface area (Å²) < 4.78 is 13.1. The van der Waals surface area contributed by atoms with Crippen LogP contribution in [-0.2, 0) is 16.0 Å². The summed E-state index contributed by atoms with van der Waals surface area (Å²) in [4.78, 5) is 36.4. The summed E-state index contributed by atoms with van der Waals surface area (Å²) in [5, 5.41) is 30.5. The summed E-state index contributed by atoms with van der Waals surface area (Å²) in [5.41, 5.74) is 2.29. The van der Waals surface area contributed by atoms with Gasteiger partial charge >= 0.3 is 18.0 Å². The van der Waals surface area contributed by atoms with Gasteiger partial charge in [-0.2, -0.15) is 0 Å². The molecule has 4 N–H and O–H groups in total. The normalized spacial score (nSPS) is 12.8. The van der Waals surface area contributed by atoms with Gasteiger partial charge in [-0.1, -0.05) is 50.2 Å². The number of aliphatic hydroxyl groups excluding tert-OH is 1. The Morgan fingerprint density at radius 1 is 0.906 bits per heavy atom. The van der Waals surface area contributed by atoms with Crippen molar-refractivity contribution in [2.75, 3.05) is 13.1 Å². The second-order valence-electron chi connectivity index (χ2n) is 7.90. The average Bonchev–Trinajstić information content (AvgIpc) is 2.73. The lowest BCUT2D eigenvalue weighted by Crippen LogP contribution is -2.52. The highest BCUT2D eigenvalue weighted by atomic mass is 19.1. The van der Waals surface area contributed by atoms with Crippen molar-refractivity contribution in [2.45, 2.75) is 32.4 Å². The minimum Gasteiger partial charge on any atom is -0.480 e. The van der Waals surface area contributed by atoms with Crippen molar-refractivity contribution in [3.8, 4) is 11.1 Å². The van der Waals surface area contributed by atoms with Gasteiger partial charge in [0.2, 0.25) is 0 Å². The van der Waals surface area contributed by atoms with E-state index >= 15 is 0 Å². The SMILES string of the molecule is CC(C)CN(C[C@H](O)C(=O)O)C(=O)N[C@@H](Cc1ccc(-c2ccc(F)cc2)cc1)C(=O)O. The molecule has 0 unspecified atom stereocenters. The van der Waals surface area contributed by atoms with Gasteiger partial charge in [0.25, 0.3) is 0 Å². The van der Waals surface area contributed by atoms with E-state index in [1.807, 2.05) is 13.8 Å². The number of carboxylic acid groups (broad SMARTS) is 2. The number of carbonyl (C=O) groups is 3. The number of rotatable bonds is 10. The van der Waals surface area contributed by atoms with Crippen LogP contribution in [0.25, 0.3) is 11.1 Å². The zero-order valence-electron chi connectivity index (χ0n) is 17.9. The van der Waals surface area contributed by atoms with Gasteiger partial charge in [0, 0.05) is 13.0 Å². The Morgan fingerprint density at radius 2 is 1.44 bits per heavy atom. The molecule has 32 heavy (non-hydrogen) atoms. The van der Waals surface area contributed by atoms with Crippen LogP contribution < -0.4 is 5.32 Å². The molecule has 2 rings (SSSR count). The van der Waals surface area contributed by atoms with Crippen molar-refractivity contribution in [1.82, 2.24) is 10.2 Å². The standard InChI is InChI=1S/C23H27FN2O6/c1-14(2)12-26(13-20(27)22(30)31)23(32)25-19(21(28)29)11-15-3-5-16(6-4-15)17-7-9-18(24)10-8-17/h3-10,14,19-20,27H,11-13H2,1-2H3,(H,25,32)(H,28,29)(H,30,31)/t19-,20-/m0/s1.